The number of hydrogen-bond acceptors (Lipinski definition) is 4. The highest BCUT2D eigenvalue weighted by molar-refractivity contribution is 5.74. The van der Waals surface area contributed by atoms with Crippen LogP contribution >= 0.6 is 0 Å². The van der Waals surface area contributed by atoms with Crippen molar-refractivity contribution in [1.82, 2.24) is 10.2 Å². The van der Waals surface area contributed by atoms with Crippen molar-refractivity contribution in [3.8, 4) is 0 Å². The van der Waals surface area contributed by atoms with Crippen molar-refractivity contribution < 1.29 is 9.90 Å². The highest BCUT2D eigenvalue weighted by Crippen LogP contribution is 2.15. The Hall–Kier alpha value is -1.65. The summed E-state index contributed by atoms with van der Waals surface area (Å²) < 4.78 is 0. The molecule has 0 bridgehead atoms. The van der Waals surface area contributed by atoms with Gasteiger partial charge in [-0.15, -0.1) is 5.10 Å². The van der Waals surface area contributed by atoms with Crippen LogP contribution in [-0.2, 0) is 4.79 Å². The summed E-state index contributed by atoms with van der Waals surface area (Å²) in [5.41, 5.74) is 0.0186. The molecule has 0 amide bonds. The molecular formula is C10H15N3O2. The quantitative estimate of drug-likeness (QED) is 0.782. The molecule has 5 heteroatoms. The largest absolute Gasteiger partial charge is 0.481 e. The van der Waals surface area contributed by atoms with Gasteiger partial charge in [-0.25, -0.2) is 0 Å². The minimum Gasteiger partial charge on any atom is -0.481 e. The highest BCUT2D eigenvalue weighted by Gasteiger charge is 2.26. The number of nitrogens with one attached hydrogen (secondary N) is 1. The summed E-state index contributed by atoms with van der Waals surface area (Å²) in [5.74, 6) is -0.245. The lowest BCUT2D eigenvalue weighted by atomic mass is 9.94. The van der Waals surface area contributed by atoms with Gasteiger partial charge in [0.25, 0.3) is 0 Å². The fraction of sp³-hybridized carbons (Fsp3) is 0.500. The number of carboxylic acid groups (broad SMARTS) is 1. The van der Waals surface area contributed by atoms with E-state index < -0.39 is 11.4 Å². The number of carbonyl (C=O) groups is 1. The van der Waals surface area contributed by atoms with Crippen LogP contribution in [0.25, 0.3) is 0 Å². The number of hydrogen-bond donors (Lipinski definition) is 2. The molecule has 1 rings (SSSR count). The third-order valence-corrected chi connectivity index (χ3v) is 2.09. The zero-order valence-electron chi connectivity index (χ0n) is 9.11. The SMILES string of the molecule is Cc1ccc(NCC(C)(C)C(=O)O)nn1. The third-order valence-electron chi connectivity index (χ3n) is 2.09. The Morgan fingerprint density at radius 2 is 2.13 bits per heavy atom. The van der Waals surface area contributed by atoms with Crippen molar-refractivity contribution in [1.29, 1.82) is 0 Å². The molecule has 82 valence electrons. The summed E-state index contributed by atoms with van der Waals surface area (Å²) in [6, 6.07) is 3.60. The van der Waals surface area contributed by atoms with E-state index in [1.54, 1.807) is 19.9 Å². The number of carboxylic acids is 1. The van der Waals surface area contributed by atoms with Crippen LogP contribution in [0.4, 0.5) is 5.82 Å². The third kappa shape index (κ3) is 3.19. The molecule has 0 spiro atoms. The van der Waals surface area contributed by atoms with E-state index in [0.29, 0.717) is 12.4 Å². The minimum absolute atomic E-state index is 0.320. The van der Waals surface area contributed by atoms with Gasteiger partial charge in [0.05, 0.1) is 11.1 Å². The van der Waals surface area contributed by atoms with Crippen molar-refractivity contribution in [3.63, 3.8) is 0 Å². The van der Waals surface area contributed by atoms with Gasteiger partial charge >= 0.3 is 5.97 Å². The molecule has 1 aromatic heterocycles. The van der Waals surface area contributed by atoms with E-state index in [1.807, 2.05) is 13.0 Å². The Balaban J connectivity index is 2.57. The van der Waals surface area contributed by atoms with Crippen molar-refractivity contribution in [2.75, 3.05) is 11.9 Å². The lowest BCUT2D eigenvalue weighted by Gasteiger charge is -2.19. The van der Waals surface area contributed by atoms with Crippen LogP contribution < -0.4 is 5.32 Å². The van der Waals surface area contributed by atoms with E-state index >= 15 is 0 Å². The number of aliphatic carboxylic acids is 1. The molecule has 0 radical (unpaired) electrons. The van der Waals surface area contributed by atoms with Gasteiger partial charge < -0.3 is 10.4 Å². The molecule has 0 saturated carbocycles. The smallest absolute Gasteiger partial charge is 0.310 e. The van der Waals surface area contributed by atoms with E-state index in [-0.39, 0.29) is 0 Å². The number of anilines is 1. The maximum absolute atomic E-state index is 10.8. The second-order valence-corrected chi connectivity index (χ2v) is 4.10. The molecule has 0 unspecified atom stereocenters. The molecule has 0 fully saturated rings. The molecular weight excluding hydrogens is 194 g/mol. The van der Waals surface area contributed by atoms with Gasteiger partial charge in [0.15, 0.2) is 0 Å². The number of aromatic nitrogens is 2. The highest BCUT2D eigenvalue weighted by atomic mass is 16.4. The number of rotatable bonds is 4. The minimum atomic E-state index is -0.838. The first-order valence-corrected chi connectivity index (χ1v) is 4.69. The summed E-state index contributed by atoms with van der Waals surface area (Å²) in [7, 11) is 0. The average molecular weight is 209 g/mol. The molecule has 2 N–H and O–H groups in total. The summed E-state index contributed by atoms with van der Waals surface area (Å²) in [4.78, 5) is 10.8. The molecule has 1 heterocycles. The number of nitrogens with zero attached hydrogens (tertiary/aromatic N) is 2. The summed E-state index contributed by atoms with van der Waals surface area (Å²) in [6.07, 6.45) is 0. The molecule has 0 saturated heterocycles. The first kappa shape index (κ1) is 11.4. The zero-order valence-corrected chi connectivity index (χ0v) is 9.11. The van der Waals surface area contributed by atoms with Crippen LogP contribution in [-0.4, -0.2) is 27.8 Å². The van der Waals surface area contributed by atoms with Crippen molar-refractivity contribution in [2.45, 2.75) is 20.8 Å². The predicted molar refractivity (Wildman–Crippen MR) is 56.7 cm³/mol. The Kier molecular flexibility index (Phi) is 3.24. The maximum atomic E-state index is 10.8. The van der Waals surface area contributed by atoms with Gasteiger partial charge in [0.2, 0.25) is 0 Å². The summed E-state index contributed by atoms with van der Waals surface area (Å²) in [6.45, 7) is 5.48. The van der Waals surface area contributed by atoms with E-state index in [1.165, 1.54) is 0 Å². The Morgan fingerprint density at radius 1 is 1.47 bits per heavy atom. The van der Waals surface area contributed by atoms with Crippen LogP contribution in [0.2, 0.25) is 0 Å². The van der Waals surface area contributed by atoms with Gasteiger partial charge in [-0.1, -0.05) is 0 Å². The van der Waals surface area contributed by atoms with Crippen LogP contribution in [0, 0.1) is 12.3 Å². The van der Waals surface area contributed by atoms with Crippen LogP contribution in [0.5, 0.6) is 0 Å². The van der Waals surface area contributed by atoms with Crippen LogP contribution in [0.15, 0.2) is 12.1 Å². The molecule has 0 aliphatic carbocycles. The van der Waals surface area contributed by atoms with Gasteiger partial charge in [0.1, 0.15) is 5.82 Å². The first-order chi connectivity index (χ1) is 6.92. The van der Waals surface area contributed by atoms with Gasteiger partial charge in [-0.3, -0.25) is 4.79 Å². The first-order valence-electron chi connectivity index (χ1n) is 4.69. The normalized spacial score (nSPS) is 11.1. The summed E-state index contributed by atoms with van der Waals surface area (Å²) >= 11 is 0. The second kappa shape index (κ2) is 4.25. The van der Waals surface area contributed by atoms with E-state index in [9.17, 15) is 4.79 Å². The topological polar surface area (TPSA) is 75.1 Å². The molecule has 0 aliphatic rings. The molecule has 0 aromatic carbocycles. The number of aryl methyl sites for hydroxylation is 1. The lowest BCUT2D eigenvalue weighted by molar-refractivity contribution is -0.146. The molecule has 5 nitrogen and oxygen atoms in total. The molecule has 0 aliphatic heterocycles. The predicted octanol–water partition coefficient (Wildman–Crippen LogP) is 1.31. The fourth-order valence-corrected chi connectivity index (χ4v) is 0.880. The fourth-order valence-electron chi connectivity index (χ4n) is 0.880. The zero-order chi connectivity index (χ0) is 11.5. The Bertz CT molecular complexity index is 346. The summed E-state index contributed by atoms with van der Waals surface area (Å²) in [5, 5.41) is 19.6. The second-order valence-electron chi connectivity index (χ2n) is 4.10. The molecule has 1 aromatic rings. The van der Waals surface area contributed by atoms with Gasteiger partial charge in [0, 0.05) is 6.54 Å². The Labute approximate surface area is 88.5 Å². The van der Waals surface area contributed by atoms with Gasteiger partial charge in [-0.05, 0) is 32.9 Å². The lowest BCUT2D eigenvalue weighted by Crippen LogP contribution is -2.32. The van der Waals surface area contributed by atoms with Crippen LogP contribution in [0.3, 0.4) is 0 Å². The Morgan fingerprint density at radius 3 is 2.60 bits per heavy atom. The van der Waals surface area contributed by atoms with Crippen molar-refractivity contribution in [2.24, 2.45) is 5.41 Å². The molecule has 15 heavy (non-hydrogen) atoms. The van der Waals surface area contributed by atoms with E-state index in [4.69, 9.17) is 5.11 Å². The van der Waals surface area contributed by atoms with E-state index in [2.05, 4.69) is 15.5 Å². The van der Waals surface area contributed by atoms with Crippen molar-refractivity contribution >= 4 is 11.8 Å². The monoisotopic (exact) mass is 209 g/mol. The maximum Gasteiger partial charge on any atom is 0.310 e. The van der Waals surface area contributed by atoms with E-state index in [0.717, 1.165) is 5.69 Å². The molecule has 0 atom stereocenters. The van der Waals surface area contributed by atoms with Crippen molar-refractivity contribution in [3.05, 3.63) is 17.8 Å². The standard InChI is InChI=1S/C10H15N3O2/c1-7-4-5-8(13-12-7)11-6-10(2,3)9(14)15/h4-5H,6H2,1-3H3,(H,11,13)(H,14,15). The average Bonchev–Trinajstić information content (AvgIpc) is 2.17. The van der Waals surface area contributed by atoms with Crippen LogP contribution in [0.1, 0.15) is 19.5 Å². The van der Waals surface area contributed by atoms with Gasteiger partial charge in [-0.2, -0.15) is 5.10 Å².